The summed E-state index contributed by atoms with van der Waals surface area (Å²) in [6, 6.07) is 27.3. The van der Waals surface area contributed by atoms with Gasteiger partial charge in [-0.25, -0.2) is 0 Å². The number of rotatable bonds is 4. The number of hydrogen-bond acceptors (Lipinski definition) is 1. The van der Waals surface area contributed by atoms with Crippen LogP contribution in [0.25, 0.3) is 5.31 Å². The summed E-state index contributed by atoms with van der Waals surface area (Å²) in [7, 11) is -2.95. The van der Waals surface area contributed by atoms with E-state index in [2.05, 4.69) is 6.58 Å². The van der Waals surface area contributed by atoms with Gasteiger partial charge in [0, 0.05) is 15.9 Å². The average Bonchev–Trinajstić information content (AvgIpc) is 2.62. The fourth-order valence-corrected chi connectivity index (χ4v) is 5.35. The van der Waals surface area contributed by atoms with Crippen molar-refractivity contribution in [3.8, 4) is 0 Å². The Balaban J connectivity index is 2.21. The molecule has 0 amide bonds. The van der Waals surface area contributed by atoms with Gasteiger partial charge in [0.1, 0.15) is 0 Å². The minimum Gasteiger partial charge on any atom is -0.309 e. The van der Waals surface area contributed by atoms with Crippen molar-refractivity contribution in [2.75, 3.05) is 0 Å². The first kappa shape index (κ1) is 15.5. The molecule has 2 heteroatoms. The van der Waals surface area contributed by atoms with Gasteiger partial charge in [0.05, 0.1) is 0 Å². The van der Waals surface area contributed by atoms with Gasteiger partial charge >= 0.3 is 0 Å². The van der Waals surface area contributed by atoms with Crippen LogP contribution in [-0.2, 0) is 4.57 Å². The molecule has 0 saturated heterocycles. The topological polar surface area (TPSA) is 17.1 Å². The van der Waals surface area contributed by atoms with E-state index in [-0.39, 0.29) is 0 Å². The molecule has 0 heterocycles. The lowest BCUT2D eigenvalue weighted by Gasteiger charge is -2.22. The molecule has 0 N–H and O–H groups in total. The number of benzene rings is 3. The molecular formula is C21H19OP. The van der Waals surface area contributed by atoms with Crippen molar-refractivity contribution in [2.45, 2.75) is 6.92 Å². The van der Waals surface area contributed by atoms with Crippen molar-refractivity contribution in [1.29, 1.82) is 0 Å². The minimum absolute atomic E-state index is 0.679. The highest BCUT2D eigenvalue weighted by molar-refractivity contribution is 7.87. The summed E-state index contributed by atoms with van der Waals surface area (Å²) >= 11 is 0. The molecule has 1 nitrogen and oxygen atoms in total. The van der Waals surface area contributed by atoms with E-state index in [1.165, 1.54) is 0 Å². The van der Waals surface area contributed by atoms with Gasteiger partial charge in [0.15, 0.2) is 7.14 Å². The van der Waals surface area contributed by atoms with E-state index in [1.54, 1.807) is 0 Å². The SMILES string of the molecule is C=C(c1cccc(C)c1)P(=O)(c1ccccc1)c1ccccc1. The average molecular weight is 318 g/mol. The number of aryl methyl sites for hydroxylation is 1. The molecule has 23 heavy (non-hydrogen) atoms. The number of hydrogen-bond donors (Lipinski definition) is 0. The molecule has 114 valence electrons. The van der Waals surface area contributed by atoms with Crippen LogP contribution in [0.4, 0.5) is 0 Å². The molecule has 0 fully saturated rings. The van der Waals surface area contributed by atoms with E-state index in [0.29, 0.717) is 5.31 Å². The van der Waals surface area contributed by atoms with Gasteiger partial charge in [-0.3, -0.25) is 0 Å². The van der Waals surface area contributed by atoms with E-state index in [4.69, 9.17) is 0 Å². The molecule has 0 spiro atoms. The Morgan fingerprint density at radius 2 is 1.30 bits per heavy atom. The molecule has 0 aromatic heterocycles. The fraction of sp³-hybridized carbons (Fsp3) is 0.0476. The van der Waals surface area contributed by atoms with E-state index in [0.717, 1.165) is 21.7 Å². The Labute approximate surface area is 137 Å². The lowest BCUT2D eigenvalue weighted by molar-refractivity contribution is 0.593. The zero-order valence-electron chi connectivity index (χ0n) is 13.1. The molecular weight excluding hydrogens is 299 g/mol. The molecule has 0 saturated carbocycles. The van der Waals surface area contributed by atoms with Crippen LogP contribution in [0.1, 0.15) is 11.1 Å². The monoisotopic (exact) mass is 318 g/mol. The van der Waals surface area contributed by atoms with Crippen molar-refractivity contribution < 1.29 is 4.57 Å². The van der Waals surface area contributed by atoms with Gasteiger partial charge in [0.25, 0.3) is 0 Å². The fourth-order valence-electron chi connectivity index (χ4n) is 2.74. The zero-order chi connectivity index (χ0) is 16.3. The first-order valence-electron chi connectivity index (χ1n) is 7.60. The van der Waals surface area contributed by atoms with E-state index in [9.17, 15) is 4.57 Å². The lowest BCUT2D eigenvalue weighted by atomic mass is 10.1. The highest BCUT2D eigenvalue weighted by Gasteiger charge is 2.31. The maximum Gasteiger partial charge on any atom is 0.171 e. The van der Waals surface area contributed by atoms with Crippen molar-refractivity contribution in [3.05, 3.63) is 103 Å². The predicted octanol–water partition coefficient (Wildman–Crippen LogP) is 4.98. The molecule has 0 aliphatic carbocycles. The predicted molar refractivity (Wildman–Crippen MR) is 100.0 cm³/mol. The second-order valence-electron chi connectivity index (χ2n) is 5.60. The standard InChI is InChI=1S/C21H19OP/c1-17-10-9-11-19(16-17)18(2)23(22,20-12-5-3-6-13-20)21-14-7-4-8-15-21/h3-16H,2H2,1H3. The van der Waals surface area contributed by atoms with E-state index >= 15 is 0 Å². The molecule has 0 radical (unpaired) electrons. The van der Waals surface area contributed by atoms with Crippen molar-refractivity contribution in [3.63, 3.8) is 0 Å². The third kappa shape index (κ3) is 2.93. The van der Waals surface area contributed by atoms with Gasteiger partial charge in [-0.05, 0) is 12.5 Å². The maximum absolute atomic E-state index is 14.1. The van der Waals surface area contributed by atoms with Crippen LogP contribution in [0, 0.1) is 6.92 Å². The van der Waals surface area contributed by atoms with Gasteiger partial charge in [-0.2, -0.15) is 0 Å². The van der Waals surface area contributed by atoms with Gasteiger partial charge in [-0.1, -0.05) is 97.1 Å². The van der Waals surface area contributed by atoms with Crippen LogP contribution >= 0.6 is 7.14 Å². The summed E-state index contributed by atoms with van der Waals surface area (Å²) in [5.74, 6) is 0. The molecule has 0 atom stereocenters. The molecule has 0 aliphatic heterocycles. The highest BCUT2D eigenvalue weighted by atomic mass is 31.2. The van der Waals surface area contributed by atoms with Gasteiger partial charge in [-0.15, -0.1) is 0 Å². The Morgan fingerprint density at radius 3 is 1.78 bits per heavy atom. The Bertz CT molecular complexity index is 823. The summed E-state index contributed by atoms with van der Waals surface area (Å²) in [5, 5.41) is 2.31. The summed E-state index contributed by atoms with van der Waals surface area (Å²) in [6.45, 7) is 6.26. The van der Waals surface area contributed by atoms with Gasteiger partial charge in [0.2, 0.25) is 0 Å². The van der Waals surface area contributed by atoms with Gasteiger partial charge < -0.3 is 4.57 Å². The van der Waals surface area contributed by atoms with Crippen LogP contribution in [0.5, 0.6) is 0 Å². The Kier molecular flexibility index (Phi) is 4.32. The quantitative estimate of drug-likeness (QED) is 0.620. The first-order valence-corrected chi connectivity index (χ1v) is 9.31. The summed E-state index contributed by atoms with van der Waals surface area (Å²) in [5.41, 5.74) is 2.07. The smallest absolute Gasteiger partial charge is 0.171 e. The summed E-state index contributed by atoms with van der Waals surface area (Å²) in [4.78, 5) is 0. The van der Waals surface area contributed by atoms with Crippen LogP contribution in [0.2, 0.25) is 0 Å². The van der Waals surface area contributed by atoms with Crippen molar-refractivity contribution >= 4 is 23.1 Å². The summed E-state index contributed by atoms with van der Waals surface area (Å²) in [6.07, 6.45) is 0. The van der Waals surface area contributed by atoms with Crippen LogP contribution in [-0.4, -0.2) is 0 Å². The maximum atomic E-state index is 14.1. The largest absolute Gasteiger partial charge is 0.309 e. The molecule has 0 unspecified atom stereocenters. The van der Waals surface area contributed by atoms with Crippen molar-refractivity contribution in [1.82, 2.24) is 0 Å². The van der Waals surface area contributed by atoms with Crippen LogP contribution in [0.3, 0.4) is 0 Å². The van der Waals surface area contributed by atoms with E-state index < -0.39 is 7.14 Å². The molecule has 0 aliphatic rings. The van der Waals surface area contributed by atoms with Crippen molar-refractivity contribution in [2.24, 2.45) is 0 Å². The van der Waals surface area contributed by atoms with Crippen LogP contribution in [0.15, 0.2) is 91.5 Å². The Hall–Kier alpha value is -2.37. The first-order chi connectivity index (χ1) is 11.1. The second-order valence-corrected chi connectivity index (χ2v) is 8.39. The minimum atomic E-state index is -2.95. The third-order valence-electron chi connectivity index (χ3n) is 3.97. The lowest BCUT2D eigenvalue weighted by Crippen LogP contribution is -2.16. The normalized spacial score (nSPS) is 11.2. The zero-order valence-corrected chi connectivity index (χ0v) is 14.0. The van der Waals surface area contributed by atoms with Crippen LogP contribution < -0.4 is 10.6 Å². The molecule has 3 aromatic rings. The Morgan fingerprint density at radius 1 is 0.783 bits per heavy atom. The third-order valence-corrected chi connectivity index (χ3v) is 7.04. The molecule has 0 bridgehead atoms. The second kappa shape index (κ2) is 6.40. The summed E-state index contributed by atoms with van der Waals surface area (Å²) < 4.78 is 14.1. The highest BCUT2D eigenvalue weighted by Crippen LogP contribution is 2.55. The molecule has 3 aromatic carbocycles. The molecule has 3 rings (SSSR count). The van der Waals surface area contributed by atoms with E-state index in [1.807, 2.05) is 91.9 Å².